The summed E-state index contributed by atoms with van der Waals surface area (Å²) in [6, 6.07) is 1.74. The van der Waals surface area contributed by atoms with E-state index < -0.39 is 11.7 Å². The van der Waals surface area contributed by atoms with E-state index in [4.69, 9.17) is 4.74 Å². The van der Waals surface area contributed by atoms with Crippen LogP contribution in [0.2, 0.25) is 0 Å². The monoisotopic (exact) mass is 320 g/mol. The van der Waals surface area contributed by atoms with Crippen LogP contribution in [0.15, 0.2) is 23.6 Å². The van der Waals surface area contributed by atoms with E-state index in [1.807, 2.05) is 20.8 Å². The molecule has 23 heavy (non-hydrogen) atoms. The first-order chi connectivity index (χ1) is 10.8. The number of anilines is 1. The normalized spacial score (nSPS) is 21.7. The van der Waals surface area contributed by atoms with Gasteiger partial charge in [-0.15, -0.1) is 4.91 Å². The zero-order chi connectivity index (χ0) is 17.0. The summed E-state index contributed by atoms with van der Waals surface area (Å²) >= 11 is 0. The molecule has 2 heterocycles. The molecule has 2 rings (SSSR count). The highest BCUT2D eigenvalue weighted by Gasteiger charge is 2.28. The number of hydrogen-bond acceptors (Lipinski definition) is 6. The lowest BCUT2D eigenvalue weighted by Gasteiger charge is -2.38. The van der Waals surface area contributed by atoms with E-state index in [9.17, 15) is 9.70 Å². The van der Waals surface area contributed by atoms with E-state index >= 15 is 0 Å². The van der Waals surface area contributed by atoms with E-state index in [2.05, 4.69) is 27.3 Å². The Balaban J connectivity index is 2.07. The second kappa shape index (κ2) is 6.93. The fourth-order valence-electron chi connectivity index (χ4n) is 2.84. The Hall–Kier alpha value is -2.18. The third-order valence-electron chi connectivity index (χ3n) is 3.60. The molecule has 0 aliphatic carbocycles. The first kappa shape index (κ1) is 17.2. The average molecular weight is 320 g/mol. The van der Waals surface area contributed by atoms with Gasteiger partial charge in [-0.05, 0) is 44.4 Å². The number of ether oxygens (including phenoxy) is 1. The van der Waals surface area contributed by atoms with Gasteiger partial charge in [0.1, 0.15) is 11.3 Å². The molecule has 2 unspecified atom stereocenters. The number of piperidine rings is 1. The largest absolute Gasteiger partial charge is 0.444 e. The Bertz CT molecular complexity index is 571. The molecule has 1 amide bonds. The fourth-order valence-corrected chi connectivity index (χ4v) is 2.84. The van der Waals surface area contributed by atoms with Crippen LogP contribution in [0.1, 0.15) is 34.1 Å². The quantitative estimate of drug-likeness (QED) is 0.864. The lowest BCUT2D eigenvalue weighted by Crippen LogP contribution is -2.51. The van der Waals surface area contributed by atoms with Crippen molar-refractivity contribution in [3.05, 3.63) is 23.4 Å². The van der Waals surface area contributed by atoms with Crippen LogP contribution < -0.4 is 10.2 Å². The number of amides is 1. The molecule has 126 valence electrons. The Morgan fingerprint density at radius 1 is 1.43 bits per heavy atom. The van der Waals surface area contributed by atoms with Crippen LogP contribution in [0.4, 0.5) is 16.2 Å². The van der Waals surface area contributed by atoms with Crippen LogP contribution in [0.3, 0.4) is 0 Å². The number of carbonyl (C=O) groups is 1. The van der Waals surface area contributed by atoms with E-state index in [1.54, 1.807) is 12.3 Å². The molecular weight excluding hydrogens is 296 g/mol. The van der Waals surface area contributed by atoms with Gasteiger partial charge in [0.05, 0.1) is 11.9 Å². The molecule has 1 N–H and O–H groups in total. The lowest BCUT2D eigenvalue weighted by molar-refractivity contribution is 0.0495. The van der Waals surface area contributed by atoms with Gasteiger partial charge in [-0.2, -0.15) is 0 Å². The highest BCUT2D eigenvalue weighted by molar-refractivity contribution is 5.69. The summed E-state index contributed by atoms with van der Waals surface area (Å²) in [6.07, 6.45) is 3.54. The van der Waals surface area contributed by atoms with Gasteiger partial charge in [0.25, 0.3) is 0 Å². The summed E-state index contributed by atoms with van der Waals surface area (Å²) in [5, 5.41) is 5.95. The van der Waals surface area contributed by atoms with Crippen molar-refractivity contribution >= 4 is 17.5 Å². The van der Waals surface area contributed by atoms with Gasteiger partial charge in [-0.25, -0.2) is 4.79 Å². The Labute approximate surface area is 136 Å². The van der Waals surface area contributed by atoms with Crippen molar-refractivity contribution in [3.8, 4) is 0 Å². The first-order valence-corrected chi connectivity index (χ1v) is 7.80. The minimum atomic E-state index is -0.524. The number of nitrogens with one attached hydrogen (secondary N) is 1. The summed E-state index contributed by atoms with van der Waals surface area (Å²) in [6.45, 7) is 9.03. The molecule has 1 fully saturated rings. The smallest absolute Gasteiger partial charge is 0.407 e. The summed E-state index contributed by atoms with van der Waals surface area (Å²) in [7, 11) is 0. The number of aromatic nitrogens is 1. The van der Waals surface area contributed by atoms with Crippen molar-refractivity contribution in [1.82, 2.24) is 10.3 Å². The van der Waals surface area contributed by atoms with Crippen molar-refractivity contribution in [3.63, 3.8) is 0 Å². The number of rotatable bonds is 3. The fraction of sp³-hybridized carbons (Fsp3) is 0.625. The van der Waals surface area contributed by atoms with Crippen molar-refractivity contribution in [2.24, 2.45) is 11.1 Å². The lowest BCUT2D eigenvalue weighted by atomic mass is 9.95. The van der Waals surface area contributed by atoms with Gasteiger partial charge in [0, 0.05) is 25.3 Å². The molecule has 0 saturated carbocycles. The maximum atomic E-state index is 12.0. The van der Waals surface area contributed by atoms with Gasteiger partial charge in [-0.1, -0.05) is 6.92 Å². The van der Waals surface area contributed by atoms with E-state index in [0.717, 1.165) is 18.7 Å². The topological polar surface area (TPSA) is 83.9 Å². The highest BCUT2D eigenvalue weighted by Crippen LogP contribution is 2.30. The maximum Gasteiger partial charge on any atom is 0.407 e. The highest BCUT2D eigenvalue weighted by atomic mass is 16.6. The van der Waals surface area contributed by atoms with Crippen LogP contribution in [0.5, 0.6) is 0 Å². The molecule has 2 atom stereocenters. The van der Waals surface area contributed by atoms with Crippen molar-refractivity contribution in [2.45, 2.75) is 45.8 Å². The van der Waals surface area contributed by atoms with E-state index in [0.29, 0.717) is 18.2 Å². The van der Waals surface area contributed by atoms with Crippen LogP contribution in [0.25, 0.3) is 0 Å². The van der Waals surface area contributed by atoms with Crippen molar-refractivity contribution in [1.29, 1.82) is 0 Å². The van der Waals surface area contributed by atoms with Gasteiger partial charge in [0.15, 0.2) is 0 Å². The summed E-state index contributed by atoms with van der Waals surface area (Å²) in [5.41, 5.74) is 0.541. The predicted molar refractivity (Wildman–Crippen MR) is 88.8 cm³/mol. The molecule has 1 saturated heterocycles. The average Bonchev–Trinajstić information content (AvgIpc) is 2.44. The Kier molecular flexibility index (Phi) is 5.18. The summed E-state index contributed by atoms with van der Waals surface area (Å²) in [5.74, 6) is 0.372. The van der Waals surface area contributed by atoms with Crippen LogP contribution in [0, 0.1) is 10.8 Å². The van der Waals surface area contributed by atoms with Crippen molar-refractivity contribution in [2.75, 3.05) is 18.0 Å². The minimum absolute atomic E-state index is 0.0405. The molecule has 1 aliphatic rings. The molecule has 0 aromatic carbocycles. The number of nitroso groups, excluding NO2 is 1. The third kappa shape index (κ3) is 4.91. The SMILES string of the molecule is CC1CC(NC(=O)OC(C)(C)C)CN(c2ccncc2N=O)C1. The number of hydrogen-bond donors (Lipinski definition) is 1. The zero-order valence-electron chi connectivity index (χ0n) is 14.1. The molecule has 7 heteroatoms. The standard InChI is InChI=1S/C16H24N4O3/c1-11-7-12(18-15(21)23-16(2,3)4)10-20(9-11)14-5-6-17-8-13(14)19-22/h5-6,8,11-12H,7,9-10H2,1-4H3,(H,18,21). The molecule has 0 spiro atoms. The summed E-state index contributed by atoms with van der Waals surface area (Å²) in [4.78, 5) is 28.9. The molecule has 0 bridgehead atoms. The van der Waals surface area contributed by atoms with E-state index in [-0.39, 0.29) is 6.04 Å². The predicted octanol–water partition coefficient (Wildman–Crippen LogP) is 3.22. The van der Waals surface area contributed by atoms with Gasteiger partial charge < -0.3 is 15.0 Å². The van der Waals surface area contributed by atoms with Crippen LogP contribution in [-0.2, 0) is 4.74 Å². The number of alkyl carbamates (subject to hydrolysis) is 1. The van der Waals surface area contributed by atoms with Crippen LogP contribution >= 0.6 is 0 Å². The molecule has 1 aromatic rings. The van der Waals surface area contributed by atoms with Gasteiger partial charge in [-0.3, -0.25) is 4.98 Å². The second-order valence-corrected chi connectivity index (χ2v) is 7.04. The third-order valence-corrected chi connectivity index (χ3v) is 3.60. The second-order valence-electron chi connectivity index (χ2n) is 7.04. The Morgan fingerprint density at radius 2 is 2.17 bits per heavy atom. The number of carbonyl (C=O) groups excluding carboxylic acids is 1. The molecule has 1 aliphatic heterocycles. The zero-order valence-corrected chi connectivity index (χ0v) is 14.1. The molecule has 7 nitrogen and oxygen atoms in total. The molecule has 0 radical (unpaired) electrons. The summed E-state index contributed by atoms with van der Waals surface area (Å²) < 4.78 is 5.31. The molecular formula is C16H24N4O3. The molecule has 1 aromatic heterocycles. The minimum Gasteiger partial charge on any atom is -0.444 e. The van der Waals surface area contributed by atoms with Crippen molar-refractivity contribution < 1.29 is 9.53 Å². The number of nitrogens with zero attached hydrogens (tertiary/aromatic N) is 3. The maximum absolute atomic E-state index is 12.0. The first-order valence-electron chi connectivity index (χ1n) is 7.80. The van der Waals surface area contributed by atoms with Gasteiger partial charge >= 0.3 is 6.09 Å². The number of pyridine rings is 1. The Morgan fingerprint density at radius 3 is 2.83 bits per heavy atom. The van der Waals surface area contributed by atoms with Crippen LogP contribution in [-0.4, -0.2) is 35.8 Å². The van der Waals surface area contributed by atoms with E-state index in [1.165, 1.54) is 6.20 Å². The van der Waals surface area contributed by atoms with Gasteiger partial charge in [0.2, 0.25) is 0 Å².